The molecule has 0 aliphatic rings. The fourth-order valence-electron chi connectivity index (χ4n) is 1.70. The van der Waals surface area contributed by atoms with Gasteiger partial charge in [0.1, 0.15) is 17.3 Å². The second kappa shape index (κ2) is 8.21. The molecule has 0 aliphatic heterocycles. The second-order valence-corrected chi connectivity index (χ2v) is 5.87. The molecule has 1 aromatic carbocycles. The Morgan fingerprint density at radius 3 is 2.56 bits per heavy atom. The van der Waals surface area contributed by atoms with Crippen molar-refractivity contribution in [3.63, 3.8) is 0 Å². The summed E-state index contributed by atoms with van der Waals surface area (Å²) in [6.07, 6.45) is 1.60. The predicted molar refractivity (Wildman–Crippen MR) is 88.7 cm³/mol. The van der Waals surface area contributed by atoms with E-state index in [9.17, 15) is 18.4 Å². The van der Waals surface area contributed by atoms with Gasteiger partial charge in [0.05, 0.1) is 11.2 Å². The Morgan fingerprint density at radius 1 is 1.32 bits per heavy atom. The maximum Gasteiger partial charge on any atom is 0.359 e. The molecule has 0 bridgehead atoms. The van der Waals surface area contributed by atoms with E-state index in [0.29, 0.717) is 5.16 Å². The Bertz CT molecular complexity index is 802. The van der Waals surface area contributed by atoms with Gasteiger partial charge >= 0.3 is 5.97 Å². The van der Waals surface area contributed by atoms with Crippen LogP contribution in [0.4, 0.5) is 14.5 Å². The molecule has 132 valence electrons. The van der Waals surface area contributed by atoms with Gasteiger partial charge in [0.25, 0.3) is 5.91 Å². The van der Waals surface area contributed by atoms with E-state index in [0.717, 1.165) is 18.2 Å². The summed E-state index contributed by atoms with van der Waals surface area (Å²) in [5.74, 6) is -3.77. The van der Waals surface area contributed by atoms with Crippen LogP contribution in [0, 0.1) is 11.6 Å². The van der Waals surface area contributed by atoms with Crippen LogP contribution in [0.15, 0.2) is 29.6 Å². The number of aromatic nitrogens is 2. The zero-order valence-electron chi connectivity index (χ0n) is 13.0. The molecule has 1 atom stereocenters. The third kappa shape index (κ3) is 4.64. The van der Waals surface area contributed by atoms with Crippen LogP contribution in [0.2, 0.25) is 5.02 Å². The monoisotopic (exact) mass is 387 g/mol. The zero-order valence-corrected chi connectivity index (χ0v) is 14.6. The molecular formula is C15H12ClF2N3O3S. The summed E-state index contributed by atoms with van der Waals surface area (Å²) in [6.45, 7) is 1.25. The molecule has 0 spiro atoms. The molecule has 0 aliphatic carbocycles. The van der Waals surface area contributed by atoms with Crippen molar-refractivity contribution in [2.75, 3.05) is 11.6 Å². The van der Waals surface area contributed by atoms with Gasteiger partial charge in [0, 0.05) is 0 Å². The highest BCUT2D eigenvalue weighted by Crippen LogP contribution is 2.20. The van der Waals surface area contributed by atoms with Gasteiger partial charge in [-0.15, -0.1) is 0 Å². The van der Waals surface area contributed by atoms with E-state index in [4.69, 9.17) is 16.3 Å². The maximum atomic E-state index is 13.5. The third-order valence-electron chi connectivity index (χ3n) is 2.96. The van der Waals surface area contributed by atoms with E-state index in [1.165, 1.54) is 24.9 Å². The number of hydrogen-bond donors (Lipinski definition) is 1. The van der Waals surface area contributed by atoms with Gasteiger partial charge in [0.2, 0.25) is 0 Å². The lowest BCUT2D eigenvalue weighted by Crippen LogP contribution is -2.31. The number of benzene rings is 1. The number of ether oxygens (including phenoxy) is 1. The molecule has 0 unspecified atom stereocenters. The number of hydrogen-bond acceptors (Lipinski definition) is 6. The normalized spacial score (nSPS) is 11.7. The van der Waals surface area contributed by atoms with E-state index in [1.807, 2.05) is 5.32 Å². The van der Waals surface area contributed by atoms with E-state index in [2.05, 4.69) is 9.97 Å². The van der Waals surface area contributed by atoms with Crippen molar-refractivity contribution in [2.24, 2.45) is 0 Å². The van der Waals surface area contributed by atoms with Crippen LogP contribution in [0.3, 0.4) is 0 Å². The first kappa shape index (κ1) is 19.1. The quantitative estimate of drug-likeness (QED) is 0.481. The molecule has 6 nitrogen and oxygen atoms in total. The minimum Gasteiger partial charge on any atom is -0.448 e. The largest absolute Gasteiger partial charge is 0.448 e. The Kier molecular flexibility index (Phi) is 6.27. The van der Waals surface area contributed by atoms with E-state index >= 15 is 0 Å². The van der Waals surface area contributed by atoms with Gasteiger partial charge < -0.3 is 10.1 Å². The number of para-hydroxylation sites is 1. The van der Waals surface area contributed by atoms with Gasteiger partial charge in [-0.1, -0.05) is 29.4 Å². The Labute approximate surface area is 150 Å². The van der Waals surface area contributed by atoms with Crippen molar-refractivity contribution in [2.45, 2.75) is 18.2 Å². The molecule has 1 heterocycles. The van der Waals surface area contributed by atoms with Crippen LogP contribution in [0.5, 0.6) is 0 Å². The van der Waals surface area contributed by atoms with Crippen LogP contribution >= 0.6 is 23.4 Å². The molecule has 2 aromatic rings. The number of esters is 1. The smallest absolute Gasteiger partial charge is 0.359 e. The first-order valence-corrected chi connectivity index (χ1v) is 8.46. The maximum absolute atomic E-state index is 13.5. The summed E-state index contributed by atoms with van der Waals surface area (Å²) >= 11 is 7.04. The molecule has 0 radical (unpaired) electrons. The predicted octanol–water partition coefficient (Wildman–Crippen LogP) is 3.31. The Morgan fingerprint density at radius 2 is 1.96 bits per heavy atom. The van der Waals surface area contributed by atoms with Crippen molar-refractivity contribution in [1.82, 2.24) is 9.97 Å². The highest BCUT2D eigenvalue weighted by molar-refractivity contribution is 7.98. The number of rotatable bonds is 5. The SMILES string of the molecule is CSc1ncc(Cl)c(C(=O)O[C@@H](C)C(=O)Nc2c(F)cccc2F)n1. The summed E-state index contributed by atoms with van der Waals surface area (Å²) in [5.41, 5.74) is -0.835. The van der Waals surface area contributed by atoms with Gasteiger partial charge in [0.15, 0.2) is 17.0 Å². The molecule has 1 amide bonds. The molecular weight excluding hydrogens is 376 g/mol. The fourth-order valence-corrected chi connectivity index (χ4v) is 2.21. The molecule has 1 aromatic heterocycles. The van der Waals surface area contributed by atoms with Crippen LogP contribution in [-0.4, -0.2) is 34.2 Å². The number of carbonyl (C=O) groups is 2. The number of amides is 1. The number of thioether (sulfide) groups is 1. The van der Waals surface area contributed by atoms with Crippen molar-refractivity contribution in [3.05, 3.63) is 46.7 Å². The summed E-state index contributed by atoms with van der Waals surface area (Å²) < 4.78 is 32.0. The molecule has 10 heteroatoms. The fraction of sp³-hybridized carbons (Fsp3) is 0.200. The molecule has 1 N–H and O–H groups in total. The Hall–Kier alpha value is -2.26. The topological polar surface area (TPSA) is 81.2 Å². The number of nitrogens with one attached hydrogen (secondary N) is 1. The van der Waals surface area contributed by atoms with Crippen molar-refractivity contribution in [3.8, 4) is 0 Å². The average Bonchev–Trinajstić information content (AvgIpc) is 2.58. The summed E-state index contributed by atoms with van der Waals surface area (Å²) in [4.78, 5) is 31.9. The summed E-state index contributed by atoms with van der Waals surface area (Å²) in [5, 5.41) is 2.28. The van der Waals surface area contributed by atoms with Crippen molar-refractivity contribution < 1.29 is 23.1 Å². The lowest BCUT2D eigenvalue weighted by atomic mass is 10.2. The van der Waals surface area contributed by atoms with Crippen molar-refractivity contribution in [1.29, 1.82) is 0 Å². The minimum absolute atomic E-state index is 0.0458. The lowest BCUT2D eigenvalue weighted by molar-refractivity contribution is -0.123. The standard InChI is InChI=1S/C15H12ClF2N3O3S/c1-7(13(22)20-12-9(17)4-3-5-10(12)18)24-14(23)11-8(16)6-19-15(21-11)25-2/h3-7H,1-2H3,(H,20,22)/t7-/m0/s1. The van der Waals surface area contributed by atoms with Gasteiger partial charge in [-0.3, -0.25) is 4.79 Å². The Balaban J connectivity index is 2.10. The number of nitrogens with zero attached hydrogens (tertiary/aromatic N) is 2. The third-order valence-corrected chi connectivity index (χ3v) is 3.80. The molecule has 2 rings (SSSR count). The second-order valence-electron chi connectivity index (χ2n) is 4.69. The zero-order chi connectivity index (χ0) is 18.6. The minimum atomic E-state index is -1.34. The number of halogens is 3. The number of carbonyl (C=O) groups excluding carboxylic acids is 2. The van der Waals surface area contributed by atoms with E-state index in [-0.39, 0.29) is 10.7 Å². The first-order chi connectivity index (χ1) is 11.8. The summed E-state index contributed by atoms with van der Waals surface area (Å²) in [6, 6.07) is 3.13. The van der Waals surface area contributed by atoms with Crippen molar-refractivity contribution >= 4 is 40.9 Å². The first-order valence-electron chi connectivity index (χ1n) is 6.86. The van der Waals surface area contributed by atoms with Gasteiger partial charge in [-0.25, -0.2) is 23.5 Å². The van der Waals surface area contributed by atoms with Gasteiger partial charge in [-0.2, -0.15) is 0 Å². The molecule has 0 saturated heterocycles. The number of anilines is 1. The highest BCUT2D eigenvalue weighted by atomic mass is 35.5. The van der Waals surface area contributed by atoms with Crippen LogP contribution < -0.4 is 5.32 Å². The lowest BCUT2D eigenvalue weighted by Gasteiger charge is -2.14. The van der Waals surface area contributed by atoms with Gasteiger partial charge in [-0.05, 0) is 25.3 Å². The van der Waals surface area contributed by atoms with Crippen LogP contribution in [0.25, 0.3) is 0 Å². The average molecular weight is 388 g/mol. The molecule has 25 heavy (non-hydrogen) atoms. The van der Waals surface area contributed by atoms with E-state index in [1.54, 1.807) is 6.26 Å². The summed E-state index contributed by atoms with van der Waals surface area (Å²) in [7, 11) is 0. The molecule has 0 saturated carbocycles. The van der Waals surface area contributed by atoms with Crippen LogP contribution in [0.1, 0.15) is 17.4 Å². The highest BCUT2D eigenvalue weighted by Gasteiger charge is 2.24. The molecule has 0 fully saturated rings. The van der Waals surface area contributed by atoms with E-state index < -0.39 is 35.3 Å². The van der Waals surface area contributed by atoms with Crippen LogP contribution in [-0.2, 0) is 9.53 Å².